The van der Waals surface area contributed by atoms with E-state index in [1.807, 2.05) is 11.8 Å². The van der Waals surface area contributed by atoms with Gasteiger partial charge in [0.2, 0.25) is 11.8 Å². The number of nitrogens with two attached hydrogens (primary N) is 1. The van der Waals surface area contributed by atoms with Crippen LogP contribution in [-0.4, -0.2) is 52.5 Å². The molecule has 7 nitrogen and oxygen atoms in total. The number of likely N-dealkylation sites (tertiary alicyclic amines) is 1. The van der Waals surface area contributed by atoms with Crippen LogP contribution in [0.25, 0.3) is 0 Å². The lowest BCUT2D eigenvalue weighted by Gasteiger charge is -2.21. The summed E-state index contributed by atoms with van der Waals surface area (Å²) < 4.78 is 4.87. The monoisotopic (exact) mass is 362 g/mol. The van der Waals surface area contributed by atoms with Crippen LogP contribution in [-0.2, 0) is 9.59 Å². The highest BCUT2D eigenvalue weighted by molar-refractivity contribution is 8.00. The Morgan fingerprint density at radius 2 is 2.26 bits per heavy atom. The lowest BCUT2D eigenvalue weighted by Crippen LogP contribution is -2.36. The molecular formula is C14H23ClN4O3S. The number of halogens is 1. The van der Waals surface area contributed by atoms with E-state index in [9.17, 15) is 9.59 Å². The van der Waals surface area contributed by atoms with Crippen molar-refractivity contribution < 1.29 is 14.1 Å². The molecule has 2 atom stereocenters. The number of rotatable bonds is 6. The fourth-order valence-corrected chi connectivity index (χ4v) is 3.28. The highest BCUT2D eigenvalue weighted by Gasteiger charge is 2.31. The summed E-state index contributed by atoms with van der Waals surface area (Å²) in [5.41, 5.74) is 5.66. The molecule has 2 heterocycles. The number of hydrogen-bond acceptors (Lipinski definition) is 6. The maximum absolute atomic E-state index is 12.2. The first-order chi connectivity index (χ1) is 10.5. The van der Waals surface area contributed by atoms with E-state index in [4.69, 9.17) is 10.3 Å². The quantitative estimate of drug-likeness (QED) is 0.790. The molecule has 9 heteroatoms. The Kier molecular flexibility index (Phi) is 7.87. The summed E-state index contributed by atoms with van der Waals surface area (Å²) in [4.78, 5) is 25.8. The van der Waals surface area contributed by atoms with Gasteiger partial charge in [-0.15, -0.1) is 24.2 Å². The third kappa shape index (κ3) is 5.71. The van der Waals surface area contributed by atoms with Crippen LogP contribution in [0.4, 0.5) is 5.82 Å². The van der Waals surface area contributed by atoms with Gasteiger partial charge in [-0.3, -0.25) is 9.59 Å². The number of amides is 2. The van der Waals surface area contributed by atoms with Crippen molar-refractivity contribution in [2.24, 2.45) is 11.7 Å². The van der Waals surface area contributed by atoms with Gasteiger partial charge in [0.05, 0.1) is 11.5 Å². The minimum atomic E-state index is -0.194. The molecule has 0 spiro atoms. The van der Waals surface area contributed by atoms with E-state index < -0.39 is 0 Å². The molecule has 1 aromatic rings. The van der Waals surface area contributed by atoms with Crippen molar-refractivity contribution in [1.82, 2.24) is 10.1 Å². The van der Waals surface area contributed by atoms with Gasteiger partial charge in [0.1, 0.15) is 5.76 Å². The predicted molar refractivity (Wildman–Crippen MR) is 92.8 cm³/mol. The zero-order valence-corrected chi connectivity index (χ0v) is 14.9. The highest BCUT2D eigenvalue weighted by Crippen LogP contribution is 2.23. The Morgan fingerprint density at radius 1 is 1.52 bits per heavy atom. The van der Waals surface area contributed by atoms with Gasteiger partial charge in [-0.1, -0.05) is 5.16 Å². The summed E-state index contributed by atoms with van der Waals surface area (Å²) >= 11 is 1.30. The number of thioether (sulfide) groups is 1. The van der Waals surface area contributed by atoms with Crippen molar-refractivity contribution in [3.8, 4) is 0 Å². The minimum Gasteiger partial charge on any atom is -0.360 e. The first kappa shape index (κ1) is 19.8. The molecule has 0 aliphatic carbocycles. The molecule has 0 radical (unpaired) electrons. The molecule has 2 rings (SSSR count). The number of carbonyl (C=O) groups excluding carboxylic acids is 2. The van der Waals surface area contributed by atoms with Gasteiger partial charge in [0.15, 0.2) is 5.82 Å². The third-order valence-electron chi connectivity index (χ3n) is 3.67. The third-order valence-corrected chi connectivity index (χ3v) is 4.59. The average molecular weight is 363 g/mol. The van der Waals surface area contributed by atoms with Gasteiger partial charge < -0.3 is 20.5 Å². The molecule has 1 aromatic heterocycles. The topological polar surface area (TPSA) is 101 Å². The summed E-state index contributed by atoms with van der Waals surface area (Å²) in [6, 6.07) is 1.88. The Morgan fingerprint density at radius 3 is 2.83 bits per heavy atom. The second-order valence-electron chi connectivity index (χ2n) is 5.60. The Hall–Kier alpha value is -1.25. The zero-order valence-electron chi connectivity index (χ0n) is 13.3. The fraction of sp³-hybridized carbons (Fsp3) is 0.643. The Bertz CT molecular complexity index is 540. The van der Waals surface area contributed by atoms with Crippen molar-refractivity contribution in [2.75, 3.05) is 29.9 Å². The van der Waals surface area contributed by atoms with Crippen LogP contribution in [0.15, 0.2) is 10.6 Å². The molecule has 2 unspecified atom stereocenters. The lowest BCUT2D eigenvalue weighted by atomic mass is 10.1. The minimum absolute atomic E-state index is 0. The van der Waals surface area contributed by atoms with E-state index in [0.717, 1.165) is 13.0 Å². The second kappa shape index (κ2) is 9.14. The van der Waals surface area contributed by atoms with E-state index >= 15 is 0 Å². The van der Waals surface area contributed by atoms with Crippen LogP contribution in [0.5, 0.6) is 0 Å². The van der Waals surface area contributed by atoms with Gasteiger partial charge in [0, 0.05) is 18.7 Å². The summed E-state index contributed by atoms with van der Waals surface area (Å²) in [5, 5.41) is 6.31. The van der Waals surface area contributed by atoms with Crippen LogP contribution in [0.1, 0.15) is 19.1 Å². The standard InChI is InChI=1S/C14H22N4O3S.ClH/c1-9-3-11(5-15)6-18(9)14(20)8-22-7-13(19)16-12-4-10(2)21-17-12;/h4,9,11H,3,5-8,15H2,1-2H3,(H,16,17,19);1H. The number of nitrogens with one attached hydrogen (secondary N) is 1. The largest absolute Gasteiger partial charge is 0.360 e. The average Bonchev–Trinajstić information content (AvgIpc) is 3.04. The van der Waals surface area contributed by atoms with Gasteiger partial charge >= 0.3 is 0 Å². The lowest BCUT2D eigenvalue weighted by molar-refractivity contribution is -0.128. The molecular weight excluding hydrogens is 340 g/mol. The number of aromatic nitrogens is 1. The molecule has 1 fully saturated rings. The van der Waals surface area contributed by atoms with Gasteiger partial charge in [-0.05, 0) is 32.7 Å². The molecule has 1 saturated heterocycles. The SMILES string of the molecule is Cc1cc(NC(=O)CSCC(=O)N2CC(CN)CC2C)no1.Cl. The van der Waals surface area contributed by atoms with Crippen LogP contribution < -0.4 is 11.1 Å². The molecule has 0 bridgehead atoms. The van der Waals surface area contributed by atoms with Crippen LogP contribution in [0.3, 0.4) is 0 Å². The van der Waals surface area contributed by atoms with E-state index in [2.05, 4.69) is 10.5 Å². The van der Waals surface area contributed by atoms with Crippen LogP contribution >= 0.6 is 24.2 Å². The fourth-order valence-electron chi connectivity index (χ4n) is 2.58. The normalized spacial score (nSPS) is 20.2. The highest BCUT2D eigenvalue weighted by atomic mass is 35.5. The van der Waals surface area contributed by atoms with E-state index in [0.29, 0.717) is 29.8 Å². The van der Waals surface area contributed by atoms with Crippen molar-refractivity contribution in [3.05, 3.63) is 11.8 Å². The number of carbonyl (C=O) groups is 2. The summed E-state index contributed by atoms with van der Waals surface area (Å²) in [6.07, 6.45) is 0.957. The molecule has 3 N–H and O–H groups in total. The predicted octanol–water partition coefficient (Wildman–Crippen LogP) is 1.27. The van der Waals surface area contributed by atoms with E-state index in [1.54, 1.807) is 13.0 Å². The first-order valence-electron chi connectivity index (χ1n) is 7.30. The zero-order chi connectivity index (χ0) is 16.1. The maximum atomic E-state index is 12.2. The number of aryl methyl sites for hydroxylation is 1. The van der Waals surface area contributed by atoms with Crippen molar-refractivity contribution >= 4 is 41.8 Å². The van der Waals surface area contributed by atoms with Crippen LogP contribution in [0, 0.1) is 12.8 Å². The number of nitrogens with zero attached hydrogens (tertiary/aromatic N) is 2. The molecule has 2 amide bonds. The molecule has 0 aromatic carbocycles. The first-order valence-corrected chi connectivity index (χ1v) is 8.45. The summed E-state index contributed by atoms with van der Waals surface area (Å²) in [7, 11) is 0. The van der Waals surface area contributed by atoms with Crippen LogP contribution in [0.2, 0.25) is 0 Å². The Labute approximate surface area is 146 Å². The Balaban J connectivity index is 0.00000264. The van der Waals surface area contributed by atoms with Gasteiger partial charge in [-0.25, -0.2) is 0 Å². The van der Waals surface area contributed by atoms with Crippen molar-refractivity contribution in [1.29, 1.82) is 0 Å². The summed E-state index contributed by atoms with van der Waals surface area (Å²) in [5.74, 6) is 1.80. The number of hydrogen-bond donors (Lipinski definition) is 2. The smallest absolute Gasteiger partial charge is 0.235 e. The molecule has 1 aliphatic heterocycles. The second-order valence-corrected chi connectivity index (χ2v) is 6.58. The molecule has 0 saturated carbocycles. The maximum Gasteiger partial charge on any atom is 0.235 e. The molecule has 130 valence electrons. The summed E-state index contributed by atoms with van der Waals surface area (Å²) in [6.45, 7) is 5.13. The molecule has 23 heavy (non-hydrogen) atoms. The molecule has 1 aliphatic rings. The van der Waals surface area contributed by atoms with E-state index in [1.165, 1.54) is 11.8 Å². The number of anilines is 1. The van der Waals surface area contributed by atoms with Gasteiger partial charge in [-0.2, -0.15) is 0 Å². The van der Waals surface area contributed by atoms with Gasteiger partial charge in [0.25, 0.3) is 0 Å². The van der Waals surface area contributed by atoms with Crippen molar-refractivity contribution in [2.45, 2.75) is 26.3 Å². The van der Waals surface area contributed by atoms with E-state index in [-0.39, 0.29) is 36.0 Å². The van der Waals surface area contributed by atoms with Crippen molar-refractivity contribution in [3.63, 3.8) is 0 Å².